The molecule has 0 aromatic heterocycles. The molecule has 8 nitrogen and oxygen atoms in total. The first-order valence-electron chi connectivity index (χ1n) is 17.0. The van der Waals surface area contributed by atoms with E-state index in [-0.39, 0.29) is 6.17 Å². The minimum atomic E-state index is 0.229. The van der Waals surface area contributed by atoms with E-state index in [1.54, 1.807) is 0 Å². The highest BCUT2D eigenvalue weighted by molar-refractivity contribution is 5.37. The summed E-state index contributed by atoms with van der Waals surface area (Å²) in [5.74, 6) is 1.89. The Morgan fingerprint density at radius 1 is 0.571 bits per heavy atom. The molecule has 11 atom stereocenters. The number of dihydropyridines is 1. The van der Waals surface area contributed by atoms with Crippen molar-refractivity contribution in [2.45, 2.75) is 100 Å². The quantitative estimate of drug-likeness (QED) is 0.413. The number of nitrogens with one attached hydrogen (secondary N) is 4. The SMILES string of the molecule is C1=CNC2C(=C1)C=CN2C1CC(N2C=CC3CCCNC32)C(N2C=CC3CCCNC32)CC1N1C=CC2CCCNC21. The number of rotatable bonds is 4. The molecule has 42 heavy (non-hydrogen) atoms. The van der Waals surface area contributed by atoms with Crippen molar-refractivity contribution < 1.29 is 0 Å². The Kier molecular flexibility index (Phi) is 6.44. The highest BCUT2D eigenvalue weighted by atomic mass is 15.4. The molecule has 8 aliphatic heterocycles. The van der Waals surface area contributed by atoms with Crippen LogP contribution in [0, 0.1) is 17.8 Å². The van der Waals surface area contributed by atoms with Gasteiger partial charge in [0.1, 0.15) is 6.17 Å². The van der Waals surface area contributed by atoms with Crippen molar-refractivity contribution >= 4 is 0 Å². The van der Waals surface area contributed by atoms with Crippen molar-refractivity contribution in [1.29, 1.82) is 0 Å². The van der Waals surface area contributed by atoms with Crippen LogP contribution in [0.15, 0.2) is 73.0 Å². The smallest absolute Gasteiger partial charge is 0.125 e. The summed E-state index contributed by atoms with van der Waals surface area (Å²) in [4.78, 5) is 11.0. The highest BCUT2D eigenvalue weighted by Crippen LogP contribution is 2.44. The second-order valence-electron chi connectivity index (χ2n) is 14.1. The van der Waals surface area contributed by atoms with Gasteiger partial charge in [-0.25, -0.2) is 0 Å². The van der Waals surface area contributed by atoms with Gasteiger partial charge in [0.2, 0.25) is 0 Å². The van der Waals surface area contributed by atoms with Gasteiger partial charge in [0.25, 0.3) is 0 Å². The van der Waals surface area contributed by atoms with E-state index in [4.69, 9.17) is 0 Å². The number of allylic oxidation sites excluding steroid dienone is 2. The minimum Gasteiger partial charge on any atom is -0.368 e. The average Bonchev–Trinajstić information content (AvgIpc) is 3.84. The lowest BCUT2D eigenvalue weighted by Crippen LogP contribution is -2.69. The summed E-state index contributed by atoms with van der Waals surface area (Å²) in [6.45, 7) is 3.40. The Morgan fingerprint density at radius 2 is 1.05 bits per heavy atom. The second-order valence-corrected chi connectivity index (χ2v) is 14.1. The average molecular weight is 569 g/mol. The monoisotopic (exact) mass is 568 g/mol. The first kappa shape index (κ1) is 25.8. The summed E-state index contributed by atoms with van der Waals surface area (Å²) >= 11 is 0. The lowest BCUT2D eigenvalue weighted by Gasteiger charge is -2.57. The fraction of sp³-hybridized carbons (Fsp3) is 0.647. The van der Waals surface area contributed by atoms with E-state index < -0.39 is 0 Å². The van der Waals surface area contributed by atoms with Gasteiger partial charge in [0, 0.05) is 24.0 Å². The topological polar surface area (TPSA) is 61.1 Å². The molecule has 0 aromatic carbocycles. The van der Waals surface area contributed by atoms with Gasteiger partial charge in [-0.3, -0.25) is 16.0 Å². The number of hydrogen-bond donors (Lipinski definition) is 4. The Labute approximate surface area is 251 Å². The van der Waals surface area contributed by atoms with Gasteiger partial charge in [0.05, 0.1) is 42.7 Å². The molecule has 224 valence electrons. The van der Waals surface area contributed by atoms with Crippen molar-refractivity contribution in [3.05, 3.63) is 73.0 Å². The zero-order chi connectivity index (χ0) is 27.6. The third-order valence-corrected chi connectivity index (χ3v) is 12.0. The zero-order valence-corrected chi connectivity index (χ0v) is 24.8. The molecule has 0 spiro atoms. The maximum absolute atomic E-state index is 3.95. The fourth-order valence-corrected chi connectivity index (χ4v) is 10.00. The molecule has 0 aromatic rings. The molecule has 9 aliphatic rings. The maximum atomic E-state index is 3.95. The van der Waals surface area contributed by atoms with Gasteiger partial charge < -0.3 is 24.9 Å². The molecular weight excluding hydrogens is 520 g/mol. The molecule has 9 rings (SSSR count). The maximum Gasteiger partial charge on any atom is 0.125 e. The van der Waals surface area contributed by atoms with Crippen molar-refractivity contribution in [1.82, 2.24) is 40.9 Å². The molecule has 0 amide bonds. The lowest BCUT2D eigenvalue weighted by atomic mass is 9.78. The van der Waals surface area contributed by atoms with E-state index in [0.29, 0.717) is 60.4 Å². The van der Waals surface area contributed by atoms with Crippen LogP contribution in [0.5, 0.6) is 0 Å². The molecule has 8 heteroatoms. The number of nitrogens with zero attached hydrogens (tertiary/aromatic N) is 4. The summed E-state index contributed by atoms with van der Waals surface area (Å²) < 4.78 is 0. The first-order valence-corrected chi connectivity index (χ1v) is 17.0. The van der Waals surface area contributed by atoms with Gasteiger partial charge in [0.15, 0.2) is 0 Å². The van der Waals surface area contributed by atoms with Gasteiger partial charge in [-0.05, 0) is 114 Å². The largest absolute Gasteiger partial charge is 0.368 e. The standard InChI is InChI=1S/C34H48N8/c1-5-23-9-17-39(31(23)35-13-1)27-21-29(41-19-11-25-7-3-15-37-33(25)41)30(42-20-12-26-8-4-16-38-34(26)42)22-28(27)40-18-10-24-6-2-14-36-32(24)40/h1,5,9-13,17-20,24-38H,2-4,6-8,14-16,21-22H2. The third-order valence-electron chi connectivity index (χ3n) is 12.0. The van der Waals surface area contributed by atoms with Crippen LogP contribution in [-0.4, -0.2) is 88.1 Å². The Bertz CT molecular complexity index is 1220. The Hall–Kier alpha value is -2.68. The van der Waals surface area contributed by atoms with E-state index in [1.165, 1.54) is 44.1 Å². The first-order chi connectivity index (χ1) is 20.8. The molecule has 1 aliphatic carbocycles. The van der Waals surface area contributed by atoms with Crippen LogP contribution in [0.25, 0.3) is 0 Å². The summed E-state index contributed by atoms with van der Waals surface area (Å²) in [6, 6.07) is 1.73. The molecule has 0 bridgehead atoms. The van der Waals surface area contributed by atoms with E-state index in [9.17, 15) is 0 Å². The highest BCUT2D eigenvalue weighted by Gasteiger charge is 2.53. The Morgan fingerprint density at radius 3 is 1.55 bits per heavy atom. The van der Waals surface area contributed by atoms with Crippen molar-refractivity contribution in [3.8, 4) is 0 Å². The molecule has 8 heterocycles. The molecule has 0 radical (unpaired) electrons. The van der Waals surface area contributed by atoms with Crippen LogP contribution >= 0.6 is 0 Å². The van der Waals surface area contributed by atoms with Gasteiger partial charge in [-0.1, -0.05) is 24.3 Å². The molecular formula is C34H48N8. The lowest BCUT2D eigenvalue weighted by molar-refractivity contribution is -0.0398. The van der Waals surface area contributed by atoms with Gasteiger partial charge in [-0.15, -0.1) is 0 Å². The van der Waals surface area contributed by atoms with E-state index >= 15 is 0 Å². The van der Waals surface area contributed by atoms with Crippen LogP contribution in [0.2, 0.25) is 0 Å². The Balaban J connectivity index is 1.10. The van der Waals surface area contributed by atoms with Crippen LogP contribution in [0.3, 0.4) is 0 Å². The minimum absolute atomic E-state index is 0.229. The normalized spacial score (nSPS) is 45.1. The van der Waals surface area contributed by atoms with Crippen LogP contribution in [0.1, 0.15) is 51.4 Å². The number of piperidine rings is 3. The fourth-order valence-electron chi connectivity index (χ4n) is 10.00. The predicted molar refractivity (Wildman–Crippen MR) is 166 cm³/mol. The summed E-state index contributed by atoms with van der Waals surface area (Å²) in [7, 11) is 0. The van der Waals surface area contributed by atoms with Crippen LogP contribution in [0.4, 0.5) is 0 Å². The van der Waals surface area contributed by atoms with Crippen LogP contribution < -0.4 is 21.3 Å². The van der Waals surface area contributed by atoms with E-state index in [2.05, 4.69) is 108 Å². The molecule has 1 saturated carbocycles. The van der Waals surface area contributed by atoms with Crippen LogP contribution in [-0.2, 0) is 0 Å². The van der Waals surface area contributed by atoms with Gasteiger partial charge >= 0.3 is 0 Å². The van der Waals surface area contributed by atoms with Crippen molar-refractivity contribution in [2.24, 2.45) is 17.8 Å². The summed E-state index contributed by atoms with van der Waals surface area (Å²) in [5.41, 5.74) is 1.38. The van der Waals surface area contributed by atoms with E-state index in [0.717, 1.165) is 32.5 Å². The van der Waals surface area contributed by atoms with Crippen molar-refractivity contribution in [3.63, 3.8) is 0 Å². The number of fused-ring (bicyclic) bond motifs is 4. The van der Waals surface area contributed by atoms with E-state index in [1.807, 2.05) is 0 Å². The summed E-state index contributed by atoms with van der Waals surface area (Å²) in [5, 5.41) is 15.6. The predicted octanol–water partition coefficient (Wildman–Crippen LogP) is 2.92. The zero-order valence-electron chi connectivity index (χ0n) is 24.8. The second kappa shape index (κ2) is 10.5. The van der Waals surface area contributed by atoms with Crippen molar-refractivity contribution in [2.75, 3.05) is 19.6 Å². The molecule has 3 saturated heterocycles. The summed E-state index contributed by atoms with van der Waals surface area (Å²) in [6.07, 6.45) is 37.9. The number of hydrogen-bond acceptors (Lipinski definition) is 8. The molecule has 4 fully saturated rings. The van der Waals surface area contributed by atoms with Gasteiger partial charge in [-0.2, -0.15) is 0 Å². The molecule has 4 N–H and O–H groups in total. The molecule has 11 unspecified atom stereocenters. The third kappa shape index (κ3) is 4.12.